The van der Waals surface area contributed by atoms with E-state index in [1.54, 1.807) is 4.83 Å². The summed E-state index contributed by atoms with van der Waals surface area (Å²) in [6, 6.07) is 0. The molecule has 0 aromatic carbocycles. The second-order valence-electron chi connectivity index (χ2n) is 2.37. The molecule has 0 heterocycles. The zero-order chi connectivity index (χ0) is 10.7. The van der Waals surface area contributed by atoms with Crippen LogP contribution in [-0.2, 0) is 20.0 Å². The van der Waals surface area contributed by atoms with E-state index in [0.717, 1.165) is 13.3 Å². The average Bonchev–Trinajstić information content (AvgIpc) is 1.82. The van der Waals surface area contributed by atoms with Crippen LogP contribution in [0.2, 0.25) is 0 Å². The van der Waals surface area contributed by atoms with Crippen molar-refractivity contribution in [1.82, 2.24) is 9.25 Å². The summed E-state index contributed by atoms with van der Waals surface area (Å²) in [6.07, 6.45) is 0.831. The predicted molar refractivity (Wildman–Crippen MR) is 46.6 cm³/mol. The van der Waals surface area contributed by atoms with Crippen molar-refractivity contribution in [2.45, 2.75) is 0 Å². The molecule has 0 aliphatic heterocycles. The van der Waals surface area contributed by atoms with Gasteiger partial charge in [0.2, 0.25) is 20.0 Å². The lowest BCUT2D eigenvalue weighted by Gasteiger charge is -2.15. The number of aliphatic hydroxyl groups excluding tert-OH is 1. The molecule has 13 heavy (non-hydrogen) atoms. The highest BCUT2D eigenvalue weighted by atomic mass is 32.2. The number of hydrogen-bond acceptors (Lipinski definition) is 5. The molecular weight excluding hydrogens is 220 g/mol. The quantitative estimate of drug-likeness (QED) is 0.519. The number of rotatable bonds is 5. The van der Waals surface area contributed by atoms with Crippen LogP contribution >= 0.6 is 0 Å². The number of aliphatic hydroxyl groups is 1. The number of hydrogen-bond donors (Lipinski definition) is 2. The van der Waals surface area contributed by atoms with E-state index in [-0.39, 0.29) is 0 Å². The van der Waals surface area contributed by atoms with E-state index < -0.39 is 32.4 Å². The van der Waals surface area contributed by atoms with E-state index in [9.17, 15) is 16.8 Å². The summed E-state index contributed by atoms with van der Waals surface area (Å²) >= 11 is 0. The average molecular weight is 232 g/mol. The highest BCUT2D eigenvalue weighted by molar-refractivity contribution is 7.91. The zero-order valence-electron chi connectivity index (χ0n) is 7.26. The largest absolute Gasteiger partial charge is 0.395 e. The lowest BCUT2D eigenvalue weighted by molar-refractivity contribution is 0.315. The Morgan fingerprint density at radius 1 is 1.31 bits per heavy atom. The van der Waals surface area contributed by atoms with E-state index in [4.69, 9.17) is 5.11 Å². The van der Waals surface area contributed by atoms with E-state index >= 15 is 0 Å². The van der Waals surface area contributed by atoms with Gasteiger partial charge in [-0.05, 0) is 0 Å². The van der Waals surface area contributed by atoms with Gasteiger partial charge in [-0.3, -0.25) is 0 Å². The number of nitrogens with one attached hydrogen (secondary N) is 1. The van der Waals surface area contributed by atoms with Gasteiger partial charge in [-0.1, -0.05) is 0 Å². The first-order valence-electron chi connectivity index (χ1n) is 3.24. The van der Waals surface area contributed by atoms with E-state index in [1.165, 1.54) is 0 Å². The highest BCUT2D eigenvalue weighted by Crippen LogP contribution is 1.94. The lowest BCUT2D eigenvalue weighted by Crippen LogP contribution is -2.44. The van der Waals surface area contributed by atoms with Gasteiger partial charge in [-0.2, -0.15) is 0 Å². The van der Waals surface area contributed by atoms with Gasteiger partial charge in [0.05, 0.1) is 18.6 Å². The molecule has 2 N–H and O–H groups in total. The topological polar surface area (TPSA) is 104 Å². The van der Waals surface area contributed by atoms with Crippen LogP contribution in [0, 0.1) is 0 Å². The van der Waals surface area contributed by atoms with Crippen LogP contribution in [0.25, 0.3) is 0 Å². The maximum absolute atomic E-state index is 11.0. The predicted octanol–water partition coefficient (Wildman–Crippen LogP) is -2.30. The van der Waals surface area contributed by atoms with E-state index in [0.29, 0.717) is 4.41 Å². The van der Waals surface area contributed by atoms with Crippen LogP contribution in [0.4, 0.5) is 0 Å². The normalized spacial score (nSPS) is 13.5. The summed E-state index contributed by atoms with van der Waals surface area (Å²) < 4.78 is 43.8. The first kappa shape index (κ1) is 12.8. The van der Waals surface area contributed by atoms with Crippen LogP contribution in [-0.4, -0.2) is 52.0 Å². The molecule has 0 saturated carbocycles. The van der Waals surface area contributed by atoms with Gasteiger partial charge in [0, 0.05) is 7.05 Å². The molecule has 0 aliphatic carbocycles. The molecule has 0 radical (unpaired) electrons. The van der Waals surface area contributed by atoms with Crippen molar-refractivity contribution < 1.29 is 21.9 Å². The third kappa shape index (κ3) is 5.16. The third-order valence-corrected chi connectivity index (χ3v) is 3.41. The molecule has 0 saturated heterocycles. The van der Waals surface area contributed by atoms with Crippen LogP contribution in [0.5, 0.6) is 0 Å². The Morgan fingerprint density at radius 3 is 2.08 bits per heavy atom. The fourth-order valence-corrected chi connectivity index (χ4v) is 2.37. The molecule has 0 fully saturated rings. The number of sulfonamides is 2. The van der Waals surface area contributed by atoms with Gasteiger partial charge in [0.1, 0.15) is 0 Å². The van der Waals surface area contributed by atoms with Crippen molar-refractivity contribution in [3.63, 3.8) is 0 Å². The van der Waals surface area contributed by atoms with Crippen LogP contribution < -0.4 is 4.83 Å². The molecule has 80 valence electrons. The van der Waals surface area contributed by atoms with Crippen LogP contribution in [0.3, 0.4) is 0 Å². The first-order valence-corrected chi connectivity index (χ1v) is 6.74. The van der Waals surface area contributed by atoms with Gasteiger partial charge in [-0.25, -0.2) is 16.8 Å². The highest BCUT2D eigenvalue weighted by Gasteiger charge is 2.19. The van der Waals surface area contributed by atoms with Gasteiger partial charge < -0.3 is 5.11 Å². The Hall–Kier alpha value is -0.220. The van der Waals surface area contributed by atoms with Gasteiger partial charge in [0.25, 0.3) is 0 Å². The molecule has 0 bridgehead atoms. The number of hydrazine groups is 1. The summed E-state index contributed by atoms with van der Waals surface area (Å²) in [5.41, 5.74) is 0. The Kier molecular flexibility index (Phi) is 4.26. The van der Waals surface area contributed by atoms with Crippen LogP contribution in [0.1, 0.15) is 0 Å². The van der Waals surface area contributed by atoms with Gasteiger partial charge >= 0.3 is 0 Å². The van der Waals surface area contributed by atoms with E-state index in [2.05, 4.69) is 0 Å². The lowest BCUT2D eigenvalue weighted by atomic mass is 10.9. The monoisotopic (exact) mass is 232 g/mol. The second-order valence-corrected chi connectivity index (χ2v) is 6.22. The molecule has 0 atom stereocenters. The molecule has 9 heteroatoms. The first-order chi connectivity index (χ1) is 5.69. The van der Waals surface area contributed by atoms with Crippen molar-refractivity contribution >= 4 is 20.0 Å². The molecule has 0 spiro atoms. The maximum Gasteiger partial charge on any atom is 0.229 e. The molecule has 0 rings (SSSR count). The fraction of sp³-hybridized carbons (Fsp3) is 1.00. The molecule has 7 nitrogen and oxygen atoms in total. The summed E-state index contributed by atoms with van der Waals surface area (Å²) in [7, 11) is -6.31. The van der Waals surface area contributed by atoms with Crippen molar-refractivity contribution in [1.29, 1.82) is 0 Å². The summed E-state index contributed by atoms with van der Waals surface area (Å²) in [4.78, 5) is 1.75. The Balaban J connectivity index is 4.53. The Bertz CT molecular complexity index is 345. The Morgan fingerprint density at radius 2 is 1.77 bits per heavy atom. The fourth-order valence-electron chi connectivity index (χ4n) is 0.543. The smallest absolute Gasteiger partial charge is 0.229 e. The summed E-state index contributed by atoms with van der Waals surface area (Å²) in [6.45, 7) is -0.557. The Labute approximate surface area is 77.4 Å². The minimum atomic E-state index is -3.75. The SMILES string of the molecule is CN(NS(C)(=O)=O)S(=O)(=O)CCO. The third-order valence-electron chi connectivity index (χ3n) is 1.06. The molecular formula is C4H12N2O5S2. The number of nitrogens with zero attached hydrogens (tertiary/aromatic N) is 1. The zero-order valence-corrected chi connectivity index (χ0v) is 8.89. The van der Waals surface area contributed by atoms with Crippen molar-refractivity contribution in [3.05, 3.63) is 0 Å². The standard InChI is InChI=1S/C4H12N2O5S2/c1-6(5-12(2,8)9)13(10,11)4-3-7/h5,7H,3-4H2,1-2H3. The van der Waals surface area contributed by atoms with Gasteiger partial charge in [0.15, 0.2) is 0 Å². The van der Waals surface area contributed by atoms with Crippen molar-refractivity contribution in [3.8, 4) is 0 Å². The van der Waals surface area contributed by atoms with Crippen molar-refractivity contribution in [2.75, 3.05) is 25.7 Å². The molecule has 0 unspecified atom stereocenters. The van der Waals surface area contributed by atoms with Crippen molar-refractivity contribution in [2.24, 2.45) is 0 Å². The molecule has 0 aliphatic rings. The summed E-state index contributed by atoms with van der Waals surface area (Å²) in [5.74, 6) is -0.522. The van der Waals surface area contributed by atoms with Crippen LogP contribution in [0.15, 0.2) is 0 Å². The second kappa shape index (κ2) is 4.33. The summed E-state index contributed by atoms with van der Waals surface area (Å²) in [5, 5.41) is 8.37. The van der Waals surface area contributed by atoms with E-state index in [1.807, 2.05) is 0 Å². The minimum Gasteiger partial charge on any atom is -0.395 e. The van der Waals surface area contributed by atoms with Gasteiger partial charge in [-0.15, -0.1) is 9.25 Å². The molecule has 0 aromatic rings. The molecule has 0 aromatic heterocycles. The minimum absolute atomic E-state index is 0.457. The molecule has 0 amide bonds. The maximum atomic E-state index is 11.0.